The second kappa shape index (κ2) is 5.23. The van der Waals surface area contributed by atoms with E-state index in [4.69, 9.17) is 5.73 Å². The summed E-state index contributed by atoms with van der Waals surface area (Å²) >= 11 is 0. The predicted octanol–water partition coefficient (Wildman–Crippen LogP) is 0.250. The Hall–Kier alpha value is -0.570. The molecule has 1 unspecified atom stereocenters. The lowest BCUT2D eigenvalue weighted by molar-refractivity contribution is -0.121. The molecule has 0 saturated carbocycles. The van der Waals surface area contributed by atoms with E-state index in [1.54, 1.807) is 0 Å². The van der Waals surface area contributed by atoms with E-state index in [-0.39, 0.29) is 11.9 Å². The molecule has 0 saturated heterocycles. The highest BCUT2D eigenvalue weighted by Gasteiger charge is 2.01. The van der Waals surface area contributed by atoms with Crippen LogP contribution in [0.15, 0.2) is 0 Å². The van der Waals surface area contributed by atoms with Crippen molar-refractivity contribution in [3.8, 4) is 0 Å². The number of nitrogens with one attached hydrogen (secondary N) is 1. The maximum absolute atomic E-state index is 10.8. The first-order chi connectivity index (χ1) is 4.66. The van der Waals surface area contributed by atoms with Gasteiger partial charge in [0.25, 0.3) is 0 Å². The molecule has 1 atom stereocenters. The second-order valence-corrected chi connectivity index (χ2v) is 2.53. The summed E-state index contributed by atoms with van der Waals surface area (Å²) in [6, 6.07) is -0.0307. The lowest BCUT2D eigenvalue weighted by Crippen LogP contribution is -2.30. The van der Waals surface area contributed by atoms with Crippen LogP contribution in [0.2, 0.25) is 0 Å². The van der Waals surface area contributed by atoms with E-state index in [0.717, 1.165) is 13.0 Å². The average molecular weight is 144 g/mol. The van der Waals surface area contributed by atoms with Crippen molar-refractivity contribution < 1.29 is 4.79 Å². The Labute approximate surface area is 62.0 Å². The molecule has 1 amide bonds. The van der Waals surface area contributed by atoms with Gasteiger partial charge in [-0.2, -0.15) is 0 Å². The fraction of sp³-hybridized carbons (Fsp3) is 0.857. The van der Waals surface area contributed by atoms with Crippen LogP contribution in [0, 0.1) is 0 Å². The predicted molar refractivity (Wildman–Crippen MR) is 41.6 cm³/mol. The Kier molecular flexibility index (Phi) is 4.94. The summed E-state index contributed by atoms with van der Waals surface area (Å²) < 4.78 is 0. The standard InChI is InChI=1S/C7H16N2O/c1-3-4-9-7(10)5-6(2)8/h6H,3-5,8H2,1-2H3,(H,9,10). The zero-order valence-electron chi connectivity index (χ0n) is 6.68. The normalized spacial score (nSPS) is 12.7. The van der Waals surface area contributed by atoms with Gasteiger partial charge in [-0.3, -0.25) is 4.79 Å². The molecule has 0 spiro atoms. The Balaban J connectivity index is 3.26. The Bertz CT molecular complexity index is 102. The van der Waals surface area contributed by atoms with E-state index in [2.05, 4.69) is 5.32 Å². The molecular weight excluding hydrogens is 128 g/mol. The molecule has 0 aliphatic heterocycles. The average Bonchev–Trinajstić information content (AvgIpc) is 1.82. The molecular formula is C7H16N2O. The zero-order valence-corrected chi connectivity index (χ0v) is 6.68. The molecule has 3 nitrogen and oxygen atoms in total. The van der Waals surface area contributed by atoms with Gasteiger partial charge in [-0.05, 0) is 13.3 Å². The molecule has 0 aromatic heterocycles. The topological polar surface area (TPSA) is 55.1 Å². The van der Waals surface area contributed by atoms with Gasteiger partial charge in [0.15, 0.2) is 0 Å². The largest absolute Gasteiger partial charge is 0.356 e. The first-order valence-corrected chi connectivity index (χ1v) is 3.69. The molecule has 10 heavy (non-hydrogen) atoms. The van der Waals surface area contributed by atoms with Gasteiger partial charge in [0.05, 0.1) is 0 Å². The van der Waals surface area contributed by atoms with Crippen molar-refractivity contribution in [3.63, 3.8) is 0 Å². The van der Waals surface area contributed by atoms with E-state index >= 15 is 0 Å². The van der Waals surface area contributed by atoms with E-state index in [1.165, 1.54) is 0 Å². The summed E-state index contributed by atoms with van der Waals surface area (Å²) in [5.41, 5.74) is 5.40. The minimum atomic E-state index is -0.0307. The van der Waals surface area contributed by atoms with Crippen molar-refractivity contribution in [1.29, 1.82) is 0 Å². The molecule has 0 aromatic carbocycles. The van der Waals surface area contributed by atoms with Crippen LogP contribution in [0.5, 0.6) is 0 Å². The van der Waals surface area contributed by atoms with Crippen LogP contribution < -0.4 is 11.1 Å². The third-order valence-electron chi connectivity index (χ3n) is 1.08. The van der Waals surface area contributed by atoms with Crippen molar-refractivity contribution in [2.75, 3.05) is 6.54 Å². The molecule has 0 aromatic rings. The van der Waals surface area contributed by atoms with Gasteiger partial charge in [0, 0.05) is 19.0 Å². The number of carbonyl (C=O) groups is 1. The van der Waals surface area contributed by atoms with E-state index in [0.29, 0.717) is 6.42 Å². The monoisotopic (exact) mass is 144 g/mol. The van der Waals surface area contributed by atoms with Crippen molar-refractivity contribution in [2.45, 2.75) is 32.7 Å². The number of nitrogens with two attached hydrogens (primary N) is 1. The smallest absolute Gasteiger partial charge is 0.221 e. The van der Waals surface area contributed by atoms with Crippen LogP contribution in [0.3, 0.4) is 0 Å². The molecule has 0 fully saturated rings. The van der Waals surface area contributed by atoms with Gasteiger partial charge < -0.3 is 11.1 Å². The van der Waals surface area contributed by atoms with Crippen molar-refractivity contribution in [1.82, 2.24) is 5.32 Å². The van der Waals surface area contributed by atoms with Crippen molar-refractivity contribution in [2.24, 2.45) is 5.73 Å². The fourth-order valence-electron chi connectivity index (χ4n) is 0.629. The summed E-state index contributed by atoms with van der Waals surface area (Å²) in [6.07, 6.45) is 1.41. The lowest BCUT2D eigenvalue weighted by Gasteiger charge is -2.04. The van der Waals surface area contributed by atoms with Gasteiger partial charge in [0.2, 0.25) is 5.91 Å². The number of carbonyl (C=O) groups excluding carboxylic acids is 1. The highest BCUT2D eigenvalue weighted by molar-refractivity contribution is 5.76. The summed E-state index contributed by atoms with van der Waals surface area (Å²) in [7, 11) is 0. The second-order valence-electron chi connectivity index (χ2n) is 2.53. The molecule has 0 heterocycles. The van der Waals surface area contributed by atoms with Crippen LogP contribution in [0.25, 0.3) is 0 Å². The summed E-state index contributed by atoms with van der Waals surface area (Å²) in [5, 5.41) is 2.74. The highest BCUT2D eigenvalue weighted by atomic mass is 16.1. The zero-order chi connectivity index (χ0) is 7.98. The Morgan fingerprint density at radius 2 is 2.30 bits per heavy atom. The lowest BCUT2D eigenvalue weighted by atomic mass is 10.2. The van der Waals surface area contributed by atoms with Crippen LogP contribution in [-0.2, 0) is 4.79 Å². The maximum atomic E-state index is 10.8. The fourth-order valence-corrected chi connectivity index (χ4v) is 0.629. The summed E-state index contributed by atoms with van der Waals surface area (Å²) in [5.74, 6) is 0.0526. The number of amides is 1. The van der Waals surface area contributed by atoms with Crippen LogP contribution >= 0.6 is 0 Å². The third kappa shape index (κ3) is 5.56. The van der Waals surface area contributed by atoms with Crippen LogP contribution in [0.1, 0.15) is 26.7 Å². The molecule has 0 radical (unpaired) electrons. The first-order valence-electron chi connectivity index (χ1n) is 3.69. The molecule has 0 aliphatic rings. The minimum absolute atomic E-state index is 0.0307. The minimum Gasteiger partial charge on any atom is -0.356 e. The summed E-state index contributed by atoms with van der Waals surface area (Å²) in [4.78, 5) is 10.8. The van der Waals surface area contributed by atoms with E-state index in [9.17, 15) is 4.79 Å². The van der Waals surface area contributed by atoms with Gasteiger partial charge in [-0.1, -0.05) is 6.92 Å². The molecule has 3 heteroatoms. The third-order valence-corrected chi connectivity index (χ3v) is 1.08. The van der Waals surface area contributed by atoms with Gasteiger partial charge in [-0.15, -0.1) is 0 Å². The molecule has 0 bridgehead atoms. The van der Waals surface area contributed by atoms with E-state index < -0.39 is 0 Å². The van der Waals surface area contributed by atoms with Crippen LogP contribution in [0.4, 0.5) is 0 Å². The van der Waals surface area contributed by atoms with Gasteiger partial charge in [-0.25, -0.2) is 0 Å². The highest BCUT2D eigenvalue weighted by Crippen LogP contribution is 1.84. The molecule has 0 rings (SSSR count). The van der Waals surface area contributed by atoms with Crippen molar-refractivity contribution >= 4 is 5.91 Å². The first kappa shape index (κ1) is 9.43. The number of rotatable bonds is 4. The van der Waals surface area contributed by atoms with Crippen LogP contribution in [-0.4, -0.2) is 18.5 Å². The number of hydrogen-bond acceptors (Lipinski definition) is 2. The van der Waals surface area contributed by atoms with Gasteiger partial charge >= 0.3 is 0 Å². The Morgan fingerprint density at radius 3 is 2.70 bits per heavy atom. The quantitative estimate of drug-likeness (QED) is 0.594. The molecule has 3 N–H and O–H groups in total. The Morgan fingerprint density at radius 1 is 1.70 bits per heavy atom. The SMILES string of the molecule is CCCNC(=O)CC(C)N. The van der Waals surface area contributed by atoms with E-state index in [1.807, 2.05) is 13.8 Å². The molecule has 0 aliphatic carbocycles. The summed E-state index contributed by atoms with van der Waals surface area (Å²) in [6.45, 7) is 4.60. The maximum Gasteiger partial charge on any atom is 0.221 e. The van der Waals surface area contributed by atoms with Crippen molar-refractivity contribution in [3.05, 3.63) is 0 Å². The van der Waals surface area contributed by atoms with Gasteiger partial charge in [0.1, 0.15) is 0 Å². The molecule has 60 valence electrons. The number of hydrogen-bond donors (Lipinski definition) is 2.